The van der Waals surface area contributed by atoms with Gasteiger partial charge in [0, 0.05) is 10.6 Å². The molecule has 0 aliphatic carbocycles. The second kappa shape index (κ2) is 4.64. The molecule has 2 heterocycles. The second-order valence-electron chi connectivity index (χ2n) is 9.17. The summed E-state index contributed by atoms with van der Waals surface area (Å²) in [5, 5.41) is 0.242. The average Bonchev–Trinajstić information content (AvgIpc) is 2.98. The quantitative estimate of drug-likeness (QED) is 0.594. The smallest absolute Gasteiger partial charge is 0.109 e. The van der Waals surface area contributed by atoms with Gasteiger partial charge in [-0.1, -0.05) is 87.3 Å². The van der Waals surface area contributed by atoms with Crippen molar-refractivity contribution in [3.8, 4) is 0 Å². The molecular weight excluding hydrogens is 348 g/mol. The van der Waals surface area contributed by atoms with Gasteiger partial charge in [-0.2, -0.15) is 0 Å². The normalized spacial score (nSPS) is 28.0. The first-order valence-electron chi connectivity index (χ1n) is 8.67. The average molecular weight is 373 g/mol. The summed E-state index contributed by atoms with van der Waals surface area (Å²) in [7, 11) is -3.52. The highest BCUT2D eigenvalue weighted by atomic mass is 35.5. The molecule has 0 saturated carbocycles. The number of hydrogen-bond donors (Lipinski definition) is 0. The van der Waals surface area contributed by atoms with E-state index in [9.17, 15) is 0 Å². The highest BCUT2D eigenvalue weighted by Gasteiger charge is 2.70. The van der Waals surface area contributed by atoms with Crippen LogP contribution in [-0.2, 0) is 15.2 Å². The Morgan fingerprint density at radius 2 is 1.21 bits per heavy atom. The van der Waals surface area contributed by atoms with E-state index in [1.54, 1.807) is 0 Å². The maximum Gasteiger partial charge on any atom is 0.109 e. The fraction of sp³-hybridized carbons (Fsp3) is 0.400. The monoisotopic (exact) mass is 372 g/mol. The number of fused-ring (bicyclic) bond motifs is 8. The molecular formula is C20H25ClOSi2. The summed E-state index contributed by atoms with van der Waals surface area (Å²) in [5.74, 6) is 0. The van der Waals surface area contributed by atoms with E-state index in [2.05, 4.69) is 75.7 Å². The lowest BCUT2D eigenvalue weighted by Crippen LogP contribution is -2.51. The molecule has 0 radical (unpaired) electrons. The molecule has 2 aliphatic heterocycles. The molecule has 0 unspecified atom stereocenters. The molecule has 0 amide bonds. The Morgan fingerprint density at radius 3 is 1.75 bits per heavy atom. The van der Waals surface area contributed by atoms with Gasteiger partial charge in [-0.05, 0) is 22.8 Å². The standard InChI is InChI=1S/C20H25ClOSi2/c1-23(2,3)19-14-10-7-8-11-15(14)20(22-19,24(4,5)6)18-16(19)12-9-13-17(18)21/h7-13H,1-6H3/t19-,20+/m1/s1. The van der Waals surface area contributed by atoms with Crippen molar-refractivity contribution in [2.24, 2.45) is 0 Å². The maximum absolute atomic E-state index is 7.24. The van der Waals surface area contributed by atoms with E-state index in [0.717, 1.165) is 5.02 Å². The molecule has 1 nitrogen and oxygen atoms in total. The largest absolute Gasteiger partial charge is 0.357 e. The topological polar surface area (TPSA) is 9.23 Å². The Bertz CT molecular complexity index is 849. The minimum Gasteiger partial charge on any atom is -0.357 e. The lowest BCUT2D eigenvalue weighted by molar-refractivity contribution is 0.0116. The van der Waals surface area contributed by atoms with Gasteiger partial charge in [0.25, 0.3) is 0 Å². The van der Waals surface area contributed by atoms with Gasteiger partial charge in [-0.15, -0.1) is 0 Å². The molecule has 24 heavy (non-hydrogen) atoms. The van der Waals surface area contributed by atoms with Crippen LogP contribution in [0.4, 0.5) is 0 Å². The minimum absolute atomic E-state index is 0.288. The zero-order valence-corrected chi connectivity index (χ0v) is 18.1. The van der Waals surface area contributed by atoms with Crippen LogP contribution >= 0.6 is 11.6 Å². The highest BCUT2D eigenvalue weighted by molar-refractivity contribution is 6.82. The predicted molar refractivity (Wildman–Crippen MR) is 107 cm³/mol. The summed E-state index contributed by atoms with van der Waals surface area (Å²) >= 11 is 6.80. The molecule has 0 saturated heterocycles. The maximum atomic E-state index is 7.24. The third-order valence-corrected chi connectivity index (χ3v) is 11.7. The van der Waals surface area contributed by atoms with Crippen molar-refractivity contribution in [3.05, 3.63) is 69.7 Å². The zero-order valence-electron chi connectivity index (χ0n) is 15.3. The molecule has 2 atom stereocenters. The summed E-state index contributed by atoms with van der Waals surface area (Å²) in [4.78, 5) is 0. The summed E-state index contributed by atoms with van der Waals surface area (Å²) in [6, 6.07) is 15.3. The van der Waals surface area contributed by atoms with Gasteiger partial charge >= 0.3 is 0 Å². The van der Waals surface area contributed by atoms with Crippen LogP contribution in [0.5, 0.6) is 0 Å². The van der Waals surface area contributed by atoms with Crippen molar-refractivity contribution in [3.63, 3.8) is 0 Å². The van der Waals surface area contributed by atoms with E-state index in [4.69, 9.17) is 16.3 Å². The van der Waals surface area contributed by atoms with Crippen molar-refractivity contribution in [1.29, 1.82) is 0 Å². The Morgan fingerprint density at radius 1 is 0.708 bits per heavy atom. The van der Waals surface area contributed by atoms with Crippen LogP contribution in [0, 0.1) is 0 Å². The summed E-state index contributed by atoms with van der Waals surface area (Å²) < 4.78 is 7.24. The number of benzene rings is 2. The van der Waals surface area contributed by atoms with E-state index in [-0.39, 0.29) is 10.4 Å². The first-order valence-corrected chi connectivity index (χ1v) is 16.0. The van der Waals surface area contributed by atoms with Crippen LogP contribution in [0.15, 0.2) is 42.5 Å². The van der Waals surface area contributed by atoms with Gasteiger partial charge in [0.2, 0.25) is 0 Å². The molecule has 0 aromatic heterocycles. The van der Waals surface area contributed by atoms with Gasteiger partial charge in [-0.25, -0.2) is 0 Å². The van der Waals surface area contributed by atoms with Crippen LogP contribution in [0.25, 0.3) is 0 Å². The molecule has 126 valence electrons. The van der Waals surface area contributed by atoms with E-state index in [1.807, 2.05) is 6.07 Å². The lowest BCUT2D eigenvalue weighted by Gasteiger charge is -2.40. The molecule has 0 fully saturated rings. The molecule has 0 N–H and O–H groups in total. The van der Waals surface area contributed by atoms with Crippen molar-refractivity contribution in [2.45, 2.75) is 49.7 Å². The van der Waals surface area contributed by atoms with Crippen molar-refractivity contribution >= 4 is 27.7 Å². The van der Waals surface area contributed by atoms with Crippen LogP contribution in [-0.4, -0.2) is 16.1 Å². The summed E-state index contributed by atoms with van der Waals surface area (Å²) in [6.07, 6.45) is 0. The Labute approximate surface area is 152 Å². The molecule has 2 aromatic rings. The zero-order chi connectivity index (χ0) is 17.5. The first-order chi connectivity index (χ1) is 11.1. The second-order valence-corrected chi connectivity index (χ2v) is 20.0. The molecule has 0 spiro atoms. The summed E-state index contributed by atoms with van der Waals surface area (Å²) in [5.41, 5.74) is 5.34. The van der Waals surface area contributed by atoms with Gasteiger partial charge in [0.05, 0.1) is 16.1 Å². The van der Waals surface area contributed by atoms with Gasteiger partial charge < -0.3 is 4.74 Å². The van der Waals surface area contributed by atoms with E-state index in [0.29, 0.717) is 0 Å². The number of halogens is 1. The van der Waals surface area contributed by atoms with Crippen LogP contribution in [0.3, 0.4) is 0 Å². The Kier molecular flexibility index (Phi) is 3.21. The molecule has 2 aliphatic rings. The SMILES string of the molecule is C[Si](C)(C)[C@]12O[C@]([Si](C)(C)C)(c3ccccc31)c1c(Cl)cccc12. The number of hydrogen-bond acceptors (Lipinski definition) is 1. The third kappa shape index (κ3) is 1.64. The Hall–Kier alpha value is -0.876. The minimum atomic E-state index is -1.78. The van der Waals surface area contributed by atoms with E-state index >= 15 is 0 Å². The third-order valence-electron chi connectivity index (χ3n) is 5.85. The van der Waals surface area contributed by atoms with Gasteiger partial charge in [0.1, 0.15) is 10.4 Å². The lowest BCUT2D eigenvalue weighted by atomic mass is 9.85. The molecule has 2 bridgehead atoms. The fourth-order valence-electron chi connectivity index (χ4n) is 4.89. The highest BCUT2D eigenvalue weighted by Crippen LogP contribution is 2.67. The van der Waals surface area contributed by atoms with Crippen molar-refractivity contribution < 1.29 is 4.74 Å². The van der Waals surface area contributed by atoms with Crippen molar-refractivity contribution in [1.82, 2.24) is 0 Å². The fourth-order valence-corrected chi connectivity index (χ4v) is 10.4. The predicted octanol–water partition coefficient (Wildman–Crippen LogP) is 5.93. The first kappa shape index (κ1) is 16.6. The van der Waals surface area contributed by atoms with E-state index in [1.165, 1.54) is 22.3 Å². The van der Waals surface area contributed by atoms with Crippen LogP contribution in [0.1, 0.15) is 22.3 Å². The molecule has 4 heteroatoms. The van der Waals surface area contributed by atoms with Gasteiger partial charge in [0.15, 0.2) is 0 Å². The van der Waals surface area contributed by atoms with Crippen LogP contribution in [0.2, 0.25) is 44.3 Å². The molecule has 4 rings (SSSR count). The number of ether oxygens (including phenoxy) is 1. The Balaban J connectivity index is 2.23. The number of rotatable bonds is 2. The van der Waals surface area contributed by atoms with E-state index < -0.39 is 16.1 Å². The molecule has 2 aromatic carbocycles. The van der Waals surface area contributed by atoms with Crippen LogP contribution < -0.4 is 0 Å². The van der Waals surface area contributed by atoms with Crippen molar-refractivity contribution in [2.75, 3.05) is 0 Å². The summed E-state index contributed by atoms with van der Waals surface area (Å²) in [6.45, 7) is 14.5. The van der Waals surface area contributed by atoms with Gasteiger partial charge in [-0.3, -0.25) is 0 Å².